The first-order valence-corrected chi connectivity index (χ1v) is 14.7. The Morgan fingerprint density at radius 2 is 1.79 bits per heavy atom. The van der Waals surface area contributed by atoms with Gasteiger partial charge in [0, 0.05) is 72.1 Å². The highest BCUT2D eigenvalue weighted by Gasteiger charge is 2.42. The molecule has 4 heterocycles. The number of thioether (sulfide) groups is 1. The maximum atomic E-state index is 12.7. The summed E-state index contributed by atoms with van der Waals surface area (Å²) >= 11 is 1.92. The molecule has 3 atom stereocenters. The van der Waals surface area contributed by atoms with Crippen LogP contribution < -0.4 is 16.3 Å². The predicted octanol–water partition coefficient (Wildman–Crippen LogP) is 4.08. The Morgan fingerprint density at radius 1 is 1.03 bits per heavy atom. The molecule has 0 spiro atoms. The van der Waals surface area contributed by atoms with Crippen molar-refractivity contribution in [2.75, 3.05) is 32.9 Å². The van der Waals surface area contributed by atoms with Gasteiger partial charge in [0.2, 0.25) is 5.91 Å². The first-order valence-electron chi connectivity index (χ1n) is 13.7. The van der Waals surface area contributed by atoms with Crippen molar-refractivity contribution in [3.63, 3.8) is 0 Å². The Morgan fingerprint density at radius 3 is 2.59 bits per heavy atom. The van der Waals surface area contributed by atoms with Gasteiger partial charge < -0.3 is 29.3 Å². The van der Waals surface area contributed by atoms with Crippen LogP contribution in [0.1, 0.15) is 48.1 Å². The number of fused-ring (bicyclic) bond motifs is 3. The number of nitrogens with one attached hydrogen (secondary N) is 2. The van der Waals surface area contributed by atoms with E-state index in [-0.39, 0.29) is 29.6 Å². The summed E-state index contributed by atoms with van der Waals surface area (Å²) in [5.74, 6) is 1.98. The summed E-state index contributed by atoms with van der Waals surface area (Å²) in [5, 5.41) is 8.40. The molecular formula is C29H38N4O5S. The van der Waals surface area contributed by atoms with E-state index in [4.69, 9.17) is 8.83 Å². The molecule has 0 bridgehead atoms. The lowest BCUT2D eigenvalue weighted by molar-refractivity contribution is -0.130. The van der Waals surface area contributed by atoms with Gasteiger partial charge in [-0.2, -0.15) is 11.8 Å². The molecule has 3 amide bonds. The fourth-order valence-corrected chi connectivity index (χ4v) is 7.34. The minimum atomic E-state index is -0.355. The molecule has 0 saturated carbocycles. The molecular weight excluding hydrogens is 516 g/mol. The highest BCUT2D eigenvalue weighted by Crippen LogP contribution is 2.35. The average Bonchev–Trinajstić information content (AvgIpc) is 3.54. The molecule has 0 aliphatic carbocycles. The Kier molecular flexibility index (Phi) is 7.96. The van der Waals surface area contributed by atoms with Crippen LogP contribution in [0.2, 0.25) is 0 Å². The van der Waals surface area contributed by atoms with Crippen molar-refractivity contribution in [3.8, 4) is 0 Å². The third-order valence-corrected chi connectivity index (χ3v) is 9.67. The zero-order valence-corrected chi connectivity index (χ0v) is 24.2. The third-order valence-electron chi connectivity index (χ3n) is 8.16. The molecule has 1 aromatic carbocycles. The van der Waals surface area contributed by atoms with Crippen LogP contribution in [0.3, 0.4) is 0 Å². The summed E-state index contributed by atoms with van der Waals surface area (Å²) in [6.07, 6.45) is 3.41. The van der Waals surface area contributed by atoms with Crippen LogP contribution in [0.25, 0.3) is 21.9 Å². The number of carbonyl (C=O) groups is 2. The fourth-order valence-electron chi connectivity index (χ4n) is 5.80. The van der Waals surface area contributed by atoms with E-state index < -0.39 is 0 Å². The van der Waals surface area contributed by atoms with Gasteiger partial charge in [0.05, 0.1) is 12.1 Å². The number of aryl methyl sites for hydroxylation is 3. The summed E-state index contributed by atoms with van der Waals surface area (Å²) in [5.41, 5.74) is 3.81. The third kappa shape index (κ3) is 5.68. The van der Waals surface area contributed by atoms with Crippen molar-refractivity contribution in [1.29, 1.82) is 0 Å². The van der Waals surface area contributed by atoms with E-state index in [0.29, 0.717) is 30.3 Å². The largest absolute Gasteiger partial charge is 0.461 e. The molecule has 5 rings (SSSR count). The molecule has 39 heavy (non-hydrogen) atoms. The minimum Gasteiger partial charge on any atom is -0.461 e. The SMILES string of the molecule is Cc1oc2c(C)c3oc(=O)cc(C)c3cc2c1CN(C)CCN(C)C(=O)CCCC[C@@H]1SC[C@@H]2NC(=O)N[C@@H]21. The molecule has 210 valence electrons. The molecule has 0 radical (unpaired) electrons. The lowest BCUT2D eigenvalue weighted by atomic mass is 10.0. The van der Waals surface area contributed by atoms with Gasteiger partial charge in [0.1, 0.15) is 16.9 Å². The van der Waals surface area contributed by atoms with Gasteiger partial charge in [-0.3, -0.25) is 4.79 Å². The normalized spacial score (nSPS) is 20.6. The molecule has 2 fully saturated rings. The molecule has 3 aromatic rings. The summed E-state index contributed by atoms with van der Waals surface area (Å²) in [7, 11) is 3.93. The highest BCUT2D eigenvalue weighted by atomic mass is 32.2. The summed E-state index contributed by atoms with van der Waals surface area (Å²) in [6, 6.07) is 4.00. The molecule has 2 aliphatic rings. The number of benzene rings is 1. The van der Waals surface area contributed by atoms with Gasteiger partial charge in [0.15, 0.2) is 0 Å². The predicted molar refractivity (Wildman–Crippen MR) is 154 cm³/mol. The second-order valence-corrected chi connectivity index (χ2v) is 12.3. The van der Waals surface area contributed by atoms with Gasteiger partial charge in [-0.25, -0.2) is 9.59 Å². The van der Waals surface area contributed by atoms with Crippen LogP contribution >= 0.6 is 11.8 Å². The van der Waals surface area contributed by atoms with E-state index in [1.54, 1.807) is 0 Å². The number of furan rings is 1. The van der Waals surface area contributed by atoms with E-state index in [1.165, 1.54) is 6.07 Å². The maximum Gasteiger partial charge on any atom is 0.336 e. The minimum absolute atomic E-state index is 0.0539. The second kappa shape index (κ2) is 11.3. The van der Waals surface area contributed by atoms with Gasteiger partial charge in [-0.15, -0.1) is 0 Å². The second-order valence-electron chi connectivity index (χ2n) is 11.1. The number of rotatable bonds is 10. The highest BCUT2D eigenvalue weighted by molar-refractivity contribution is 8.00. The first kappa shape index (κ1) is 27.6. The van der Waals surface area contributed by atoms with E-state index in [9.17, 15) is 14.4 Å². The lowest BCUT2D eigenvalue weighted by Gasteiger charge is -2.22. The Balaban J connectivity index is 1.12. The van der Waals surface area contributed by atoms with Crippen molar-refractivity contribution in [2.45, 2.75) is 70.3 Å². The average molecular weight is 555 g/mol. The number of likely N-dealkylation sites (N-methyl/N-ethyl adjacent to an activating group) is 2. The molecule has 2 aromatic heterocycles. The molecule has 2 aliphatic heterocycles. The van der Waals surface area contributed by atoms with Crippen LogP contribution in [0.4, 0.5) is 4.79 Å². The number of hydrogen-bond donors (Lipinski definition) is 2. The smallest absolute Gasteiger partial charge is 0.336 e. The van der Waals surface area contributed by atoms with E-state index >= 15 is 0 Å². The monoisotopic (exact) mass is 554 g/mol. The van der Waals surface area contributed by atoms with Gasteiger partial charge in [0.25, 0.3) is 0 Å². The van der Waals surface area contributed by atoms with Crippen molar-refractivity contribution < 1.29 is 18.4 Å². The van der Waals surface area contributed by atoms with Crippen LogP contribution in [0, 0.1) is 20.8 Å². The van der Waals surface area contributed by atoms with Crippen molar-refractivity contribution >= 4 is 45.6 Å². The standard InChI is InChI=1S/C29H38N4O5S/c1-16-12-25(35)38-27-17(2)28-20(13-19(16)27)21(18(3)37-28)14-32(4)10-11-33(5)24(34)9-7-6-8-23-26-22(15-39-23)30-29(36)31-26/h12-13,22-23,26H,6-11,14-15H2,1-5H3,(H2,30,31,36)/t22-,23-,26-/m0/s1. The number of urea groups is 1. The number of hydrogen-bond acceptors (Lipinski definition) is 7. The van der Waals surface area contributed by atoms with E-state index in [2.05, 4.69) is 28.6 Å². The van der Waals surface area contributed by atoms with Crippen LogP contribution in [-0.2, 0) is 11.3 Å². The zero-order chi connectivity index (χ0) is 27.8. The Hall–Kier alpha value is -2.98. The molecule has 10 heteroatoms. The zero-order valence-electron chi connectivity index (χ0n) is 23.4. The molecule has 9 nitrogen and oxygen atoms in total. The van der Waals surface area contributed by atoms with Crippen molar-refractivity contribution in [1.82, 2.24) is 20.4 Å². The lowest BCUT2D eigenvalue weighted by Crippen LogP contribution is -2.36. The Bertz CT molecular complexity index is 1460. The number of unbranched alkanes of at least 4 members (excludes halogenated alkanes) is 1. The molecule has 0 unspecified atom stereocenters. The van der Waals surface area contributed by atoms with Gasteiger partial charge >= 0.3 is 11.7 Å². The van der Waals surface area contributed by atoms with E-state index in [1.807, 2.05) is 44.5 Å². The topological polar surface area (TPSA) is 108 Å². The number of amides is 3. The molecule has 2 saturated heterocycles. The summed E-state index contributed by atoms with van der Waals surface area (Å²) in [4.78, 5) is 40.2. The van der Waals surface area contributed by atoms with Gasteiger partial charge in [-0.1, -0.05) is 6.42 Å². The quantitative estimate of drug-likeness (QED) is 0.221. The summed E-state index contributed by atoms with van der Waals surface area (Å²) in [6.45, 7) is 7.89. The van der Waals surface area contributed by atoms with Crippen LogP contribution in [0.15, 0.2) is 25.8 Å². The van der Waals surface area contributed by atoms with Crippen LogP contribution in [-0.4, -0.2) is 72.0 Å². The first-order chi connectivity index (χ1) is 18.6. The maximum absolute atomic E-state index is 12.7. The van der Waals surface area contributed by atoms with Crippen molar-refractivity contribution in [3.05, 3.63) is 45.0 Å². The van der Waals surface area contributed by atoms with Crippen molar-refractivity contribution in [2.24, 2.45) is 0 Å². The summed E-state index contributed by atoms with van der Waals surface area (Å²) < 4.78 is 11.6. The van der Waals surface area contributed by atoms with Crippen LogP contribution in [0.5, 0.6) is 0 Å². The Labute approximate surface area is 232 Å². The number of nitrogens with zero attached hydrogens (tertiary/aromatic N) is 2. The van der Waals surface area contributed by atoms with E-state index in [0.717, 1.165) is 70.4 Å². The number of carbonyl (C=O) groups excluding carboxylic acids is 2. The fraction of sp³-hybridized carbons (Fsp3) is 0.552. The van der Waals surface area contributed by atoms with Gasteiger partial charge in [-0.05, 0) is 52.3 Å². The molecule has 2 N–H and O–H groups in total.